The van der Waals surface area contributed by atoms with Crippen LogP contribution in [-0.2, 0) is 14.3 Å². The number of hydrogen-bond acceptors (Lipinski definition) is 3. The van der Waals surface area contributed by atoms with Crippen molar-refractivity contribution < 1.29 is 14.3 Å². The standard InChI is InChI=1S/C19H32O3/c1-13(2)16-10-9-14(3)12-19(16)21-17(11-18(20)22-19)15-7-5-4-6-8-15/h13-17H,4-12H2,1-3H3/t14-,16+,17-,19+/m1/s1. The van der Waals surface area contributed by atoms with Crippen molar-refractivity contribution in [3.8, 4) is 0 Å². The number of ether oxygens (including phenoxy) is 2. The fourth-order valence-corrected chi connectivity index (χ4v) is 5.01. The molecule has 1 heterocycles. The highest BCUT2D eigenvalue weighted by molar-refractivity contribution is 5.71. The van der Waals surface area contributed by atoms with Crippen molar-refractivity contribution in [2.45, 2.75) is 90.4 Å². The lowest BCUT2D eigenvalue weighted by Gasteiger charge is -2.51. The molecular formula is C19H32O3. The van der Waals surface area contributed by atoms with Crippen LogP contribution in [0.4, 0.5) is 0 Å². The lowest BCUT2D eigenvalue weighted by Crippen LogP contribution is -2.57. The SMILES string of the molecule is CC(C)[C@@H]1CC[C@@H](C)C[C@]12OC(=O)C[C@H](C1CCCCC1)O2. The average molecular weight is 308 g/mol. The lowest BCUT2D eigenvalue weighted by atomic mass is 9.72. The van der Waals surface area contributed by atoms with Crippen LogP contribution in [-0.4, -0.2) is 17.9 Å². The molecule has 3 heteroatoms. The monoisotopic (exact) mass is 308 g/mol. The maximum atomic E-state index is 12.4. The molecule has 22 heavy (non-hydrogen) atoms. The summed E-state index contributed by atoms with van der Waals surface area (Å²) < 4.78 is 12.5. The van der Waals surface area contributed by atoms with E-state index in [1.807, 2.05) is 0 Å². The molecule has 126 valence electrons. The third-order valence-electron chi connectivity index (χ3n) is 6.15. The second-order valence-corrected chi connectivity index (χ2v) is 8.28. The van der Waals surface area contributed by atoms with Crippen LogP contribution in [0.15, 0.2) is 0 Å². The minimum absolute atomic E-state index is 0.0263. The van der Waals surface area contributed by atoms with Crippen molar-refractivity contribution in [3.05, 3.63) is 0 Å². The molecule has 0 aromatic carbocycles. The fraction of sp³-hybridized carbons (Fsp3) is 0.947. The molecule has 1 saturated heterocycles. The molecule has 0 unspecified atom stereocenters. The molecule has 3 aliphatic rings. The van der Waals surface area contributed by atoms with Crippen molar-refractivity contribution in [2.24, 2.45) is 23.7 Å². The summed E-state index contributed by atoms with van der Waals surface area (Å²) in [7, 11) is 0. The van der Waals surface area contributed by atoms with Gasteiger partial charge in [0, 0.05) is 12.3 Å². The molecule has 0 aromatic rings. The summed E-state index contributed by atoms with van der Waals surface area (Å²) in [5.74, 6) is 1.31. The van der Waals surface area contributed by atoms with E-state index in [0.29, 0.717) is 30.1 Å². The van der Waals surface area contributed by atoms with Crippen molar-refractivity contribution >= 4 is 5.97 Å². The van der Waals surface area contributed by atoms with Crippen molar-refractivity contribution in [2.75, 3.05) is 0 Å². The van der Waals surface area contributed by atoms with Crippen LogP contribution in [0.1, 0.15) is 78.6 Å². The van der Waals surface area contributed by atoms with Crippen LogP contribution >= 0.6 is 0 Å². The third-order valence-corrected chi connectivity index (χ3v) is 6.15. The zero-order chi connectivity index (χ0) is 15.7. The maximum Gasteiger partial charge on any atom is 0.310 e. The van der Waals surface area contributed by atoms with Crippen molar-refractivity contribution in [1.29, 1.82) is 0 Å². The van der Waals surface area contributed by atoms with E-state index < -0.39 is 5.79 Å². The molecule has 3 nitrogen and oxygen atoms in total. The Kier molecular flexibility index (Phi) is 4.82. The summed E-state index contributed by atoms with van der Waals surface area (Å²) in [4.78, 5) is 12.4. The van der Waals surface area contributed by atoms with Gasteiger partial charge in [0.2, 0.25) is 5.79 Å². The first-order valence-electron chi connectivity index (χ1n) is 9.40. The first-order chi connectivity index (χ1) is 10.5. The van der Waals surface area contributed by atoms with Gasteiger partial charge in [-0.15, -0.1) is 0 Å². The van der Waals surface area contributed by atoms with Gasteiger partial charge in [-0.25, -0.2) is 0 Å². The number of carbonyl (C=O) groups excluding carboxylic acids is 1. The first-order valence-corrected chi connectivity index (χ1v) is 9.40. The highest BCUT2D eigenvalue weighted by Crippen LogP contribution is 2.48. The Labute approximate surface area is 135 Å². The molecule has 2 saturated carbocycles. The topological polar surface area (TPSA) is 35.5 Å². The van der Waals surface area contributed by atoms with Crippen LogP contribution in [0, 0.1) is 23.7 Å². The van der Waals surface area contributed by atoms with Gasteiger partial charge in [0.05, 0.1) is 12.5 Å². The number of hydrogen-bond donors (Lipinski definition) is 0. The van der Waals surface area contributed by atoms with Crippen LogP contribution in [0.5, 0.6) is 0 Å². The maximum absolute atomic E-state index is 12.4. The summed E-state index contributed by atoms with van der Waals surface area (Å²) in [6.07, 6.45) is 10.1. The van der Waals surface area contributed by atoms with E-state index in [1.54, 1.807) is 0 Å². The summed E-state index contributed by atoms with van der Waals surface area (Å²) in [5, 5.41) is 0. The highest BCUT2D eigenvalue weighted by Gasteiger charge is 2.53. The summed E-state index contributed by atoms with van der Waals surface area (Å²) in [6, 6.07) is 0. The Balaban J connectivity index is 1.81. The summed E-state index contributed by atoms with van der Waals surface area (Å²) >= 11 is 0. The van der Waals surface area contributed by atoms with Gasteiger partial charge in [-0.1, -0.05) is 40.0 Å². The van der Waals surface area contributed by atoms with Gasteiger partial charge in [0.1, 0.15) is 0 Å². The van der Waals surface area contributed by atoms with E-state index in [4.69, 9.17) is 9.47 Å². The Morgan fingerprint density at radius 1 is 1.09 bits per heavy atom. The molecule has 3 rings (SSSR count). The average Bonchev–Trinajstić information content (AvgIpc) is 2.46. The Bertz CT molecular complexity index is 399. The fourth-order valence-electron chi connectivity index (χ4n) is 5.01. The van der Waals surface area contributed by atoms with Gasteiger partial charge in [-0.3, -0.25) is 4.79 Å². The molecule has 1 aliphatic heterocycles. The van der Waals surface area contributed by atoms with E-state index in [0.717, 1.165) is 12.8 Å². The Morgan fingerprint density at radius 2 is 1.82 bits per heavy atom. The van der Waals surface area contributed by atoms with Gasteiger partial charge in [-0.2, -0.15) is 0 Å². The van der Waals surface area contributed by atoms with Crippen LogP contribution in [0.3, 0.4) is 0 Å². The van der Waals surface area contributed by atoms with Gasteiger partial charge in [-0.05, 0) is 43.4 Å². The quantitative estimate of drug-likeness (QED) is 0.694. The molecule has 3 fully saturated rings. The predicted molar refractivity (Wildman–Crippen MR) is 86.2 cm³/mol. The minimum atomic E-state index is -0.636. The first kappa shape index (κ1) is 16.3. The normalized spacial score (nSPS) is 40.9. The molecule has 1 spiro atoms. The molecule has 4 atom stereocenters. The highest BCUT2D eigenvalue weighted by atomic mass is 16.7. The smallest absolute Gasteiger partial charge is 0.310 e. The largest absolute Gasteiger partial charge is 0.433 e. The molecule has 0 bridgehead atoms. The Hall–Kier alpha value is -0.570. The molecular weight excluding hydrogens is 276 g/mol. The van der Waals surface area contributed by atoms with Crippen LogP contribution < -0.4 is 0 Å². The lowest BCUT2D eigenvalue weighted by molar-refractivity contribution is -0.323. The van der Waals surface area contributed by atoms with Crippen LogP contribution in [0.25, 0.3) is 0 Å². The predicted octanol–water partition coefficient (Wildman–Crippen LogP) is 4.69. The third kappa shape index (κ3) is 3.20. The second kappa shape index (κ2) is 6.51. The van der Waals surface area contributed by atoms with Crippen LogP contribution in [0.2, 0.25) is 0 Å². The minimum Gasteiger partial charge on any atom is -0.433 e. The van der Waals surface area contributed by atoms with E-state index >= 15 is 0 Å². The van der Waals surface area contributed by atoms with Gasteiger partial charge in [0.25, 0.3) is 0 Å². The molecule has 0 amide bonds. The molecule has 0 aromatic heterocycles. The van der Waals surface area contributed by atoms with Gasteiger partial charge < -0.3 is 9.47 Å². The number of carbonyl (C=O) groups is 1. The summed E-state index contributed by atoms with van der Waals surface area (Å²) in [5.41, 5.74) is 0. The van der Waals surface area contributed by atoms with Crippen molar-refractivity contribution in [3.63, 3.8) is 0 Å². The van der Waals surface area contributed by atoms with E-state index in [1.165, 1.54) is 38.5 Å². The van der Waals surface area contributed by atoms with E-state index in [-0.39, 0.29) is 12.1 Å². The van der Waals surface area contributed by atoms with Gasteiger partial charge in [0.15, 0.2) is 0 Å². The molecule has 0 N–H and O–H groups in total. The Morgan fingerprint density at radius 3 is 2.50 bits per heavy atom. The zero-order valence-electron chi connectivity index (χ0n) is 14.5. The molecule has 0 radical (unpaired) electrons. The zero-order valence-corrected chi connectivity index (χ0v) is 14.5. The van der Waals surface area contributed by atoms with Gasteiger partial charge >= 0.3 is 5.97 Å². The van der Waals surface area contributed by atoms with E-state index in [9.17, 15) is 4.79 Å². The summed E-state index contributed by atoms with van der Waals surface area (Å²) in [6.45, 7) is 6.74. The number of rotatable bonds is 2. The second-order valence-electron chi connectivity index (χ2n) is 8.28. The molecule has 2 aliphatic carbocycles. The van der Waals surface area contributed by atoms with E-state index in [2.05, 4.69) is 20.8 Å². The van der Waals surface area contributed by atoms with Crippen molar-refractivity contribution in [1.82, 2.24) is 0 Å². The number of esters is 1.